The van der Waals surface area contributed by atoms with E-state index in [1.807, 2.05) is 19.1 Å². The Morgan fingerprint density at radius 2 is 2.19 bits per heavy atom. The highest BCUT2D eigenvalue weighted by atomic mass is 32.1. The fourth-order valence-electron chi connectivity index (χ4n) is 2.00. The van der Waals surface area contributed by atoms with E-state index in [1.54, 1.807) is 23.5 Å². The van der Waals surface area contributed by atoms with Crippen molar-refractivity contribution < 1.29 is 4.92 Å². The van der Waals surface area contributed by atoms with Gasteiger partial charge in [-0.2, -0.15) is 5.26 Å². The first-order valence-electron chi connectivity index (χ1n) is 6.58. The molecule has 0 aliphatic carbocycles. The summed E-state index contributed by atoms with van der Waals surface area (Å²) in [6.45, 7) is 4.06. The van der Waals surface area contributed by atoms with Gasteiger partial charge in [-0.1, -0.05) is 6.92 Å². The van der Waals surface area contributed by atoms with Gasteiger partial charge in [-0.3, -0.25) is 10.1 Å². The van der Waals surface area contributed by atoms with Gasteiger partial charge in [0.15, 0.2) is 0 Å². The van der Waals surface area contributed by atoms with Crippen molar-refractivity contribution in [3.8, 4) is 6.07 Å². The molecular formula is C15H15N3O2S. The summed E-state index contributed by atoms with van der Waals surface area (Å²) in [6, 6.07) is 10.5. The molecule has 5 nitrogen and oxygen atoms in total. The Bertz CT molecular complexity index is 703. The molecule has 0 aliphatic heterocycles. The Morgan fingerprint density at radius 1 is 1.43 bits per heavy atom. The van der Waals surface area contributed by atoms with Gasteiger partial charge in [0.2, 0.25) is 0 Å². The van der Waals surface area contributed by atoms with Crippen molar-refractivity contribution in [2.45, 2.75) is 26.3 Å². The van der Waals surface area contributed by atoms with E-state index in [9.17, 15) is 10.1 Å². The van der Waals surface area contributed by atoms with Crippen LogP contribution in [0.4, 0.5) is 11.4 Å². The largest absolute Gasteiger partial charge is 0.372 e. The zero-order valence-electron chi connectivity index (χ0n) is 11.8. The van der Waals surface area contributed by atoms with Crippen LogP contribution in [-0.4, -0.2) is 4.92 Å². The lowest BCUT2D eigenvalue weighted by Gasteiger charge is -2.14. The highest BCUT2D eigenvalue weighted by Gasteiger charge is 2.17. The van der Waals surface area contributed by atoms with Crippen LogP contribution in [0.5, 0.6) is 0 Å². The first-order valence-corrected chi connectivity index (χ1v) is 7.40. The summed E-state index contributed by atoms with van der Waals surface area (Å²) in [5.74, 6) is 0. The van der Waals surface area contributed by atoms with Gasteiger partial charge in [0.05, 0.1) is 22.6 Å². The third kappa shape index (κ3) is 3.38. The van der Waals surface area contributed by atoms with Gasteiger partial charge < -0.3 is 5.32 Å². The van der Waals surface area contributed by atoms with Crippen LogP contribution >= 0.6 is 11.3 Å². The van der Waals surface area contributed by atoms with Crippen LogP contribution < -0.4 is 5.32 Å². The van der Waals surface area contributed by atoms with Crippen LogP contribution in [0, 0.1) is 21.4 Å². The number of nitro groups is 1. The molecule has 0 radical (unpaired) electrons. The van der Waals surface area contributed by atoms with E-state index in [1.165, 1.54) is 10.9 Å². The normalized spacial score (nSPS) is 11.7. The molecule has 0 aliphatic rings. The molecule has 1 unspecified atom stereocenters. The van der Waals surface area contributed by atoms with Crippen molar-refractivity contribution >= 4 is 22.7 Å². The third-order valence-corrected chi connectivity index (χ3v) is 4.57. The Morgan fingerprint density at radius 3 is 2.76 bits per heavy atom. The average Bonchev–Trinajstić information content (AvgIpc) is 2.96. The van der Waals surface area contributed by atoms with Gasteiger partial charge in [-0.25, -0.2) is 0 Å². The molecule has 1 N–H and O–H groups in total. The summed E-state index contributed by atoms with van der Waals surface area (Å²) in [4.78, 5) is 13.1. The van der Waals surface area contributed by atoms with E-state index in [0.717, 1.165) is 11.3 Å². The van der Waals surface area contributed by atoms with E-state index in [-0.39, 0.29) is 17.3 Å². The number of anilines is 1. The summed E-state index contributed by atoms with van der Waals surface area (Å²) < 4.78 is 0. The predicted octanol–water partition coefficient (Wildman–Crippen LogP) is 4.26. The molecule has 1 aromatic carbocycles. The zero-order chi connectivity index (χ0) is 15.4. The van der Waals surface area contributed by atoms with Crippen LogP contribution in [0.3, 0.4) is 0 Å². The molecule has 1 heterocycles. The number of thiophene rings is 1. The molecule has 0 spiro atoms. The highest BCUT2D eigenvalue weighted by molar-refractivity contribution is 7.12. The van der Waals surface area contributed by atoms with E-state index >= 15 is 0 Å². The molecule has 1 aromatic heterocycles. The van der Waals surface area contributed by atoms with Crippen molar-refractivity contribution in [1.82, 2.24) is 0 Å². The van der Waals surface area contributed by atoms with Crippen LogP contribution in [0.2, 0.25) is 0 Å². The van der Waals surface area contributed by atoms with Crippen LogP contribution in [0.1, 0.15) is 35.2 Å². The van der Waals surface area contributed by atoms with Gasteiger partial charge in [-0.15, -0.1) is 11.3 Å². The maximum Gasteiger partial charge on any atom is 0.293 e. The van der Waals surface area contributed by atoms with Crippen molar-refractivity contribution in [2.24, 2.45) is 0 Å². The lowest BCUT2D eigenvalue weighted by atomic mass is 10.1. The molecule has 6 heteroatoms. The molecule has 21 heavy (non-hydrogen) atoms. The average molecular weight is 301 g/mol. The van der Waals surface area contributed by atoms with Crippen molar-refractivity contribution in [3.63, 3.8) is 0 Å². The minimum Gasteiger partial charge on any atom is -0.372 e. The van der Waals surface area contributed by atoms with Crippen LogP contribution in [0.25, 0.3) is 0 Å². The van der Waals surface area contributed by atoms with E-state index in [2.05, 4.69) is 18.3 Å². The topological polar surface area (TPSA) is 79.0 Å². The minimum atomic E-state index is -0.470. The second-order valence-corrected chi connectivity index (χ2v) is 5.82. The molecule has 2 rings (SSSR count). The number of nitrogens with one attached hydrogen (secondary N) is 1. The lowest BCUT2D eigenvalue weighted by molar-refractivity contribution is -0.384. The van der Waals surface area contributed by atoms with Gasteiger partial charge in [0.25, 0.3) is 5.69 Å². The van der Waals surface area contributed by atoms with Crippen molar-refractivity contribution in [3.05, 3.63) is 55.8 Å². The summed E-state index contributed by atoms with van der Waals surface area (Å²) in [7, 11) is 0. The zero-order valence-corrected chi connectivity index (χ0v) is 12.6. The third-order valence-electron chi connectivity index (χ3n) is 3.15. The molecule has 1 atom stereocenters. The number of rotatable bonds is 5. The first-order chi connectivity index (χ1) is 10.0. The molecule has 0 saturated carbocycles. The standard InChI is InChI=1S/C15H15N3O2S/c1-3-12-5-7-15(21-12)10(2)17-13-6-4-11(9-16)8-14(13)18(19)20/h4-8,10,17H,3H2,1-2H3. The monoisotopic (exact) mass is 301 g/mol. The van der Waals surface area contributed by atoms with Gasteiger partial charge in [0, 0.05) is 15.8 Å². The first kappa shape index (κ1) is 15.0. The molecule has 2 aromatic rings. The SMILES string of the molecule is CCc1ccc(C(C)Nc2ccc(C#N)cc2[N+](=O)[O-])s1. The quantitative estimate of drug-likeness (QED) is 0.661. The van der Waals surface area contributed by atoms with Crippen molar-refractivity contribution in [1.29, 1.82) is 5.26 Å². The highest BCUT2D eigenvalue weighted by Crippen LogP contribution is 2.31. The van der Waals surface area contributed by atoms with Crippen molar-refractivity contribution in [2.75, 3.05) is 5.32 Å². The summed E-state index contributed by atoms with van der Waals surface area (Å²) in [5, 5.41) is 23.1. The number of nitro benzene ring substituents is 1. The number of nitriles is 1. The van der Waals surface area contributed by atoms with Crippen LogP contribution in [-0.2, 0) is 6.42 Å². The Balaban J connectivity index is 2.26. The fraction of sp³-hybridized carbons (Fsp3) is 0.267. The molecule has 0 fully saturated rings. The van der Waals surface area contributed by atoms with Crippen LogP contribution in [0.15, 0.2) is 30.3 Å². The molecule has 108 valence electrons. The summed E-state index contributed by atoms with van der Waals surface area (Å²) >= 11 is 1.70. The van der Waals surface area contributed by atoms with Gasteiger partial charge in [-0.05, 0) is 37.6 Å². The summed E-state index contributed by atoms with van der Waals surface area (Å²) in [5.41, 5.74) is 0.635. The predicted molar refractivity (Wildman–Crippen MR) is 83.5 cm³/mol. The molecule has 0 saturated heterocycles. The molecule has 0 amide bonds. The number of nitrogens with zero attached hydrogens (tertiary/aromatic N) is 2. The Hall–Kier alpha value is -2.39. The minimum absolute atomic E-state index is 0.0260. The summed E-state index contributed by atoms with van der Waals surface area (Å²) in [6.07, 6.45) is 0.981. The maximum atomic E-state index is 11.1. The number of hydrogen-bond donors (Lipinski definition) is 1. The lowest BCUT2D eigenvalue weighted by Crippen LogP contribution is -2.07. The number of benzene rings is 1. The van der Waals surface area contributed by atoms with E-state index < -0.39 is 4.92 Å². The maximum absolute atomic E-state index is 11.1. The van der Waals surface area contributed by atoms with E-state index in [0.29, 0.717) is 5.69 Å². The Kier molecular flexibility index (Phi) is 4.55. The fourth-order valence-corrected chi connectivity index (χ4v) is 2.95. The smallest absolute Gasteiger partial charge is 0.293 e. The molecule has 0 bridgehead atoms. The number of aryl methyl sites for hydroxylation is 1. The second-order valence-electron chi connectivity index (χ2n) is 4.62. The van der Waals surface area contributed by atoms with Gasteiger partial charge in [0.1, 0.15) is 5.69 Å². The van der Waals surface area contributed by atoms with E-state index in [4.69, 9.17) is 5.26 Å². The Labute approximate surface area is 127 Å². The van der Waals surface area contributed by atoms with Gasteiger partial charge >= 0.3 is 0 Å². The number of hydrogen-bond acceptors (Lipinski definition) is 5. The molecular weight excluding hydrogens is 286 g/mol. The second kappa shape index (κ2) is 6.37.